The van der Waals surface area contributed by atoms with Crippen molar-refractivity contribution in [1.82, 2.24) is 15.0 Å². The normalized spacial score (nSPS) is 11.5. The zero-order valence-corrected chi connectivity index (χ0v) is 18.8. The number of para-hydroxylation sites is 2. The van der Waals surface area contributed by atoms with Crippen LogP contribution in [0.25, 0.3) is 21.8 Å². The van der Waals surface area contributed by atoms with Crippen LogP contribution < -0.4 is 0 Å². The smallest absolute Gasteiger partial charge is 0.194 e. The van der Waals surface area contributed by atoms with Gasteiger partial charge in [-0.15, -0.1) is 0 Å². The lowest BCUT2D eigenvalue weighted by molar-refractivity contribution is 0.0979. The number of rotatable bonds is 0. The predicted molar refractivity (Wildman–Crippen MR) is 138 cm³/mol. The van der Waals surface area contributed by atoms with Crippen LogP contribution in [0.1, 0.15) is 31.8 Å². The summed E-state index contributed by atoms with van der Waals surface area (Å²) in [7, 11) is 0. The molecule has 168 valence electrons. The molecule has 0 aliphatic heterocycles. The van der Waals surface area contributed by atoms with Crippen LogP contribution in [-0.2, 0) is 0 Å². The first kappa shape index (κ1) is 21.9. The fourth-order valence-electron chi connectivity index (χ4n) is 4.10. The molecule has 5 nitrogen and oxygen atoms in total. The number of nitrogens with one attached hydrogen (secondary N) is 1. The molecule has 2 heterocycles. The standard InChI is InChI=1S/C14H8O2.C12H9N.C4H4N2/c15-13-9-5-1-2-6-10(9)14(16)12-8-4-3-7-11(12)13;1-3-7-11-9(5-1)10-6-2-4-8-12(10)13-11;1-2-5-4-6-3-1/h1-8H;1-8,13H;1-4H. The summed E-state index contributed by atoms with van der Waals surface area (Å²) in [5.41, 5.74) is 4.45. The minimum atomic E-state index is -0.0641. The first-order chi connectivity index (χ1) is 17.2. The maximum atomic E-state index is 12.1. The Hall–Kier alpha value is -4.90. The second kappa shape index (κ2) is 9.93. The zero-order chi connectivity index (χ0) is 24.0. The molecule has 1 aliphatic rings. The molecule has 0 fully saturated rings. The molecule has 0 bridgehead atoms. The lowest BCUT2D eigenvalue weighted by Crippen LogP contribution is -2.20. The maximum absolute atomic E-state index is 12.1. The summed E-state index contributed by atoms with van der Waals surface area (Å²) >= 11 is 0. The van der Waals surface area contributed by atoms with E-state index in [0.29, 0.717) is 22.3 Å². The van der Waals surface area contributed by atoms with Crippen LogP contribution in [0.3, 0.4) is 0 Å². The van der Waals surface area contributed by atoms with Crippen LogP contribution in [-0.4, -0.2) is 26.5 Å². The Morgan fingerprint density at radius 3 is 1.17 bits per heavy atom. The van der Waals surface area contributed by atoms with Gasteiger partial charge in [-0.05, 0) is 18.2 Å². The first-order valence-electron chi connectivity index (χ1n) is 11.2. The number of aromatic nitrogens is 3. The molecular formula is C30H21N3O2. The van der Waals surface area contributed by atoms with E-state index in [2.05, 4.69) is 63.5 Å². The lowest BCUT2D eigenvalue weighted by atomic mass is 9.84. The first-order valence-corrected chi connectivity index (χ1v) is 11.2. The number of H-pyrrole nitrogens is 1. The number of benzene rings is 4. The molecule has 0 amide bonds. The molecule has 35 heavy (non-hydrogen) atoms. The SMILES string of the molecule is O=C1c2ccccc2C(=O)c2ccccc21.c1ccc2c(c1)[nH]c1ccccc12.c1cncnc1. The maximum Gasteiger partial charge on any atom is 0.194 e. The molecule has 0 spiro atoms. The van der Waals surface area contributed by atoms with Gasteiger partial charge in [0.05, 0.1) is 0 Å². The quantitative estimate of drug-likeness (QED) is 0.293. The third-order valence-electron chi connectivity index (χ3n) is 5.72. The van der Waals surface area contributed by atoms with E-state index in [-0.39, 0.29) is 11.6 Å². The summed E-state index contributed by atoms with van der Waals surface area (Å²) in [5, 5.41) is 2.61. The van der Waals surface area contributed by atoms with Crippen LogP contribution >= 0.6 is 0 Å². The Kier molecular flexibility index (Phi) is 6.22. The highest BCUT2D eigenvalue weighted by molar-refractivity contribution is 6.28. The molecule has 1 N–H and O–H groups in total. The van der Waals surface area contributed by atoms with Crippen LogP contribution in [0.2, 0.25) is 0 Å². The van der Waals surface area contributed by atoms with Crippen LogP contribution in [0.15, 0.2) is 122 Å². The molecular weight excluding hydrogens is 434 g/mol. The van der Waals surface area contributed by atoms with E-state index in [4.69, 9.17) is 0 Å². The number of aromatic amines is 1. The minimum Gasteiger partial charge on any atom is -0.355 e. The molecule has 0 saturated carbocycles. The van der Waals surface area contributed by atoms with Gasteiger partial charge in [0.1, 0.15) is 6.33 Å². The zero-order valence-electron chi connectivity index (χ0n) is 18.8. The Bertz CT molecular complexity index is 1460. The van der Waals surface area contributed by atoms with E-state index < -0.39 is 0 Å². The van der Waals surface area contributed by atoms with Crippen LogP contribution in [0.5, 0.6) is 0 Å². The second-order valence-corrected chi connectivity index (χ2v) is 7.87. The molecule has 5 heteroatoms. The molecule has 4 aromatic carbocycles. The highest BCUT2D eigenvalue weighted by atomic mass is 16.1. The van der Waals surface area contributed by atoms with Crippen molar-refractivity contribution in [3.63, 3.8) is 0 Å². The summed E-state index contributed by atoms with van der Waals surface area (Å²) in [6.07, 6.45) is 4.88. The van der Waals surface area contributed by atoms with E-state index in [9.17, 15) is 9.59 Å². The monoisotopic (exact) mass is 455 g/mol. The third kappa shape index (κ3) is 4.48. The highest BCUT2D eigenvalue weighted by Gasteiger charge is 2.28. The molecule has 0 saturated heterocycles. The number of carbonyl (C=O) groups is 2. The molecule has 0 atom stereocenters. The number of fused-ring (bicyclic) bond motifs is 5. The topological polar surface area (TPSA) is 75.7 Å². The molecule has 2 aromatic heterocycles. The summed E-state index contributed by atoms with van der Waals surface area (Å²) in [6, 6.07) is 32.4. The van der Waals surface area contributed by atoms with Crippen LogP contribution in [0.4, 0.5) is 0 Å². The number of hydrogen-bond donors (Lipinski definition) is 1. The summed E-state index contributed by atoms with van der Waals surface area (Å²) < 4.78 is 0. The molecule has 6 aromatic rings. The van der Waals surface area contributed by atoms with Gasteiger partial charge in [-0.2, -0.15) is 0 Å². The van der Waals surface area contributed by atoms with Gasteiger partial charge >= 0.3 is 0 Å². The van der Waals surface area contributed by atoms with Gasteiger partial charge in [-0.1, -0.05) is 84.9 Å². The number of nitrogens with zero attached hydrogens (tertiary/aromatic N) is 2. The van der Waals surface area contributed by atoms with Crippen molar-refractivity contribution >= 4 is 33.4 Å². The molecule has 0 unspecified atom stereocenters. The van der Waals surface area contributed by atoms with E-state index in [1.165, 1.54) is 28.1 Å². The van der Waals surface area contributed by atoms with Crippen molar-refractivity contribution in [2.45, 2.75) is 0 Å². The average Bonchev–Trinajstić information content (AvgIpc) is 3.32. The molecule has 1 aliphatic carbocycles. The molecule has 7 rings (SSSR count). The van der Waals surface area contributed by atoms with Gasteiger partial charge in [0.25, 0.3) is 0 Å². The Labute approximate surface area is 202 Å². The largest absolute Gasteiger partial charge is 0.355 e. The van der Waals surface area contributed by atoms with Crippen molar-refractivity contribution < 1.29 is 9.59 Å². The lowest BCUT2D eigenvalue weighted by Gasteiger charge is -2.16. The summed E-state index contributed by atoms with van der Waals surface area (Å²) in [4.78, 5) is 34.9. The van der Waals surface area contributed by atoms with Crippen molar-refractivity contribution in [2.75, 3.05) is 0 Å². The number of carbonyl (C=O) groups excluding carboxylic acids is 2. The Morgan fingerprint density at radius 1 is 0.457 bits per heavy atom. The van der Waals surface area contributed by atoms with Gasteiger partial charge in [-0.3, -0.25) is 9.59 Å². The van der Waals surface area contributed by atoms with E-state index in [1.807, 2.05) is 0 Å². The average molecular weight is 456 g/mol. The van der Waals surface area contributed by atoms with Gasteiger partial charge in [0, 0.05) is 56.5 Å². The number of ketones is 2. The fraction of sp³-hybridized carbons (Fsp3) is 0. The van der Waals surface area contributed by atoms with E-state index in [1.54, 1.807) is 67.0 Å². The molecule has 0 radical (unpaired) electrons. The fourth-order valence-corrected chi connectivity index (χ4v) is 4.10. The van der Waals surface area contributed by atoms with Gasteiger partial charge in [-0.25, -0.2) is 9.97 Å². The van der Waals surface area contributed by atoms with Gasteiger partial charge < -0.3 is 4.98 Å². The van der Waals surface area contributed by atoms with Crippen molar-refractivity contribution in [1.29, 1.82) is 0 Å². The highest BCUT2D eigenvalue weighted by Crippen LogP contribution is 2.26. The summed E-state index contributed by atoms with van der Waals surface area (Å²) in [6.45, 7) is 0. The summed E-state index contributed by atoms with van der Waals surface area (Å²) in [5.74, 6) is -0.128. The minimum absolute atomic E-state index is 0.0641. The van der Waals surface area contributed by atoms with Crippen molar-refractivity contribution in [2.24, 2.45) is 0 Å². The van der Waals surface area contributed by atoms with Crippen LogP contribution in [0, 0.1) is 0 Å². The number of hydrogen-bond acceptors (Lipinski definition) is 4. The van der Waals surface area contributed by atoms with E-state index >= 15 is 0 Å². The second-order valence-electron chi connectivity index (χ2n) is 7.87. The van der Waals surface area contributed by atoms with Crippen molar-refractivity contribution in [3.05, 3.63) is 144 Å². The Morgan fingerprint density at radius 2 is 0.829 bits per heavy atom. The van der Waals surface area contributed by atoms with Gasteiger partial charge in [0.2, 0.25) is 0 Å². The van der Waals surface area contributed by atoms with Crippen molar-refractivity contribution in [3.8, 4) is 0 Å². The van der Waals surface area contributed by atoms with E-state index in [0.717, 1.165) is 0 Å². The van der Waals surface area contributed by atoms with Gasteiger partial charge in [0.15, 0.2) is 11.6 Å². The third-order valence-corrected chi connectivity index (χ3v) is 5.72. The Balaban J connectivity index is 0.000000119. The predicted octanol–water partition coefficient (Wildman–Crippen LogP) is 6.26.